The molecule has 0 saturated carbocycles. The minimum Gasteiger partial charge on any atom is -0.464 e. The molecule has 186 valence electrons. The third-order valence-corrected chi connectivity index (χ3v) is 6.17. The maximum Gasteiger partial charge on any atom is 0.416 e. The summed E-state index contributed by atoms with van der Waals surface area (Å²) in [4.78, 5) is 32.0. The van der Waals surface area contributed by atoms with Crippen LogP contribution in [-0.4, -0.2) is 61.6 Å². The Morgan fingerprint density at radius 3 is 2.51 bits per heavy atom. The molecule has 1 aromatic heterocycles. The van der Waals surface area contributed by atoms with Crippen LogP contribution in [0.5, 0.6) is 0 Å². The molecule has 10 heteroatoms. The Labute approximate surface area is 200 Å². The highest BCUT2D eigenvalue weighted by Gasteiger charge is 2.31. The van der Waals surface area contributed by atoms with Crippen molar-refractivity contribution in [3.8, 4) is 0 Å². The molecular formula is C25H27F3N4O3. The van der Waals surface area contributed by atoms with Crippen LogP contribution >= 0.6 is 0 Å². The molecule has 1 saturated heterocycles. The van der Waals surface area contributed by atoms with Crippen molar-refractivity contribution in [3.63, 3.8) is 0 Å². The number of methoxy groups -OCH3 is 1. The molecular weight excluding hydrogens is 461 g/mol. The molecule has 3 aromatic rings. The fraction of sp³-hybridized carbons (Fsp3) is 0.360. The number of carbonyl (C=O) groups is 2. The van der Waals surface area contributed by atoms with E-state index in [0.29, 0.717) is 44.1 Å². The van der Waals surface area contributed by atoms with Crippen LogP contribution in [0.3, 0.4) is 0 Å². The van der Waals surface area contributed by atoms with Crippen molar-refractivity contribution in [1.29, 1.82) is 0 Å². The highest BCUT2D eigenvalue weighted by atomic mass is 19.4. The van der Waals surface area contributed by atoms with Gasteiger partial charge in [0.25, 0.3) is 0 Å². The molecule has 1 fully saturated rings. The first-order chi connectivity index (χ1) is 16.7. The van der Waals surface area contributed by atoms with Gasteiger partial charge in [0.1, 0.15) is 5.69 Å². The molecule has 2 heterocycles. The number of nitrogens with zero attached hydrogens (tertiary/aromatic N) is 2. The van der Waals surface area contributed by atoms with E-state index in [1.165, 1.54) is 19.2 Å². The first kappa shape index (κ1) is 24.6. The number of halogens is 3. The summed E-state index contributed by atoms with van der Waals surface area (Å²) in [5.41, 5.74) is 2.18. The number of anilines is 2. The van der Waals surface area contributed by atoms with Crippen molar-refractivity contribution in [2.24, 2.45) is 0 Å². The molecule has 0 spiro atoms. The lowest BCUT2D eigenvalue weighted by Crippen LogP contribution is -2.47. The highest BCUT2D eigenvalue weighted by Crippen LogP contribution is 2.32. The third-order valence-electron chi connectivity index (χ3n) is 6.17. The van der Waals surface area contributed by atoms with Gasteiger partial charge >= 0.3 is 12.1 Å². The predicted molar refractivity (Wildman–Crippen MR) is 128 cm³/mol. The summed E-state index contributed by atoms with van der Waals surface area (Å²) in [5.74, 6) is -0.808. The van der Waals surface area contributed by atoms with Crippen LogP contribution in [-0.2, 0) is 15.7 Å². The van der Waals surface area contributed by atoms with Gasteiger partial charge < -0.3 is 19.9 Å². The number of aryl methyl sites for hydroxylation is 1. The van der Waals surface area contributed by atoms with Crippen LogP contribution in [0.25, 0.3) is 10.9 Å². The van der Waals surface area contributed by atoms with E-state index in [0.717, 1.165) is 22.5 Å². The monoisotopic (exact) mass is 488 g/mol. The Balaban J connectivity index is 1.35. The van der Waals surface area contributed by atoms with Gasteiger partial charge in [-0.2, -0.15) is 13.2 Å². The van der Waals surface area contributed by atoms with Gasteiger partial charge in [-0.1, -0.05) is 17.7 Å². The number of aromatic nitrogens is 1. The Morgan fingerprint density at radius 2 is 1.83 bits per heavy atom. The maximum absolute atomic E-state index is 13.0. The Kier molecular flexibility index (Phi) is 7.02. The average molecular weight is 489 g/mol. The molecule has 1 aliphatic rings. The van der Waals surface area contributed by atoms with Crippen molar-refractivity contribution < 1.29 is 27.5 Å². The normalized spacial score (nSPS) is 14.8. The van der Waals surface area contributed by atoms with Crippen LogP contribution in [0, 0.1) is 6.92 Å². The maximum atomic E-state index is 13.0. The van der Waals surface area contributed by atoms with E-state index in [9.17, 15) is 22.8 Å². The van der Waals surface area contributed by atoms with Crippen molar-refractivity contribution in [2.75, 3.05) is 50.1 Å². The Morgan fingerprint density at radius 1 is 1.09 bits per heavy atom. The number of benzene rings is 2. The standard InChI is InChI=1S/C25H27F3N4O3/c1-16-6-7-20-19(14-16)22(23(29-20)24(34)35-2)30-21(33)8-9-31-10-12-32(13-11-31)18-5-3-4-17(15-18)25(26,27)28/h3-7,14-15,29H,8-13H2,1-2H3,(H,30,33). The SMILES string of the molecule is COC(=O)c1[nH]c2ccc(C)cc2c1NC(=O)CCN1CCN(c2cccc(C(F)(F)F)c2)CC1. The van der Waals surface area contributed by atoms with Crippen molar-refractivity contribution in [1.82, 2.24) is 9.88 Å². The van der Waals surface area contributed by atoms with E-state index < -0.39 is 17.7 Å². The number of hydrogen-bond acceptors (Lipinski definition) is 5. The summed E-state index contributed by atoms with van der Waals surface area (Å²) >= 11 is 0. The van der Waals surface area contributed by atoms with Crippen molar-refractivity contribution in [2.45, 2.75) is 19.5 Å². The Hall–Kier alpha value is -3.53. The minimum absolute atomic E-state index is 0.191. The number of ether oxygens (including phenoxy) is 1. The van der Waals surface area contributed by atoms with Crippen LogP contribution in [0.1, 0.15) is 28.0 Å². The smallest absolute Gasteiger partial charge is 0.416 e. The number of fused-ring (bicyclic) bond motifs is 1. The van der Waals surface area contributed by atoms with Gasteiger partial charge in [0.2, 0.25) is 5.91 Å². The quantitative estimate of drug-likeness (QED) is 0.502. The number of esters is 1. The van der Waals surface area contributed by atoms with Gasteiger partial charge in [-0.25, -0.2) is 4.79 Å². The summed E-state index contributed by atoms with van der Waals surface area (Å²) in [6.07, 6.45) is -4.16. The number of nitrogens with one attached hydrogen (secondary N) is 2. The first-order valence-electron chi connectivity index (χ1n) is 11.3. The van der Waals surface area contributed by atoms with Gasteiger partial charge in [-0.05, 0) is 37.3 Å². The molecule has 0 aliphatic carbocycles. The van der Waals surface area contributed by atoms with E-state index in [1.54, 1.807) is 6.07 Å². The molecule has 7 nitrogen and oxygen atoms in total. The topological polar surface area (TPSA) is 77.7 Å². The number of rotatable bonds is 6. The van der Waals surface area contributed by atoms with E-state index in [1.807, 2.05) is 30.0 Å². The summed E-state index contributed by atoms with van der Waals surface area (Å²) in [7, 11) is 1.28. The number of carbonyl (C=O) groups excluding carboxylic acids is 2. The second-order valence-corrected chi connectivity index (χ2v) is 8.59. The van der Waals surface area contributed by atoms with E-state index in [-0.39, 0.29) is 18.0 Å². The lowest BCUT2D eigenvalue weighted by molar-refractivity contribution is -0.137. The molecule has 0 radical (unpaired) electrons. The zero-order chi connectivity index (χ0) is 25.2. The van der Waals surface area contributed by atoms with E-state index in [2.05, 4.69) is 15.2 Å². The third kappa shape index (κ3) is 5.59. The molecule has 1 amide bonds. The van der Waals surface area contributed by atoms with Crippen molar-refractivity contribution in [3.05, 3.63) is 59.3 Å². The molecule has 35 heavy (non-hydrogen) atoms. The van der Waals surface area contributed by atoms with Crippen LogP contribution < -0.4 is 10.2 Å². The fourth-order valence-corrected chi connectivity index (χ4v) is 4.26. The summed E-state index contributed by atoms with van der Waals surface area (Å²) in [6.45, 7) is 4.81. The zero-order valence-corrected chi connectivity index (χ0v) is 19.5. The van der Waals surface area contributed by atoms with Crippen LogP contribution in [0.4, 0.5) is 24.5 Å². The molecule has 2 N–H and O–H groups in total. The van der Waals surface area contributed by atoms with Crippen molar-refractivity contribution >= 4 is 34.2 Å². The second-order valence-electron chi connectivity index (χ2n) is 8.59. The summed E-state index contributed by atoms with van der Waals surface area (Å²) < 4.78 is 43.9. The molecule has 0 unspecified atom stereocenters. The minimum atomic E-state index is -4.37. The highest BCUT2D eigenvalue weighted by molar-refractivity contribution is 6.11. The summed E-state index contributed by atoms with van der Waals surface area (Å²) in [6, 6.07) is 11.0. The predicted octanol–water partition coefficient (Wildman–Crippen LogP) is 4.43. The number of hydrogen-bond donors (Lipinski definition) is 2. The number of alkyl halides is 3. The number of H-pyrrole nitrogens is 1. The van der Waals surface area contributed by atoms with Gasteiger partial charge in [0.05, 0.1) is 18.4 Å². The van der Waals surface area contributed by atoms with Gasteiger partial charge in [0, 0.05) is 55.7 Å². The number of amides is 1. The van der Waals surface area contributed by atoms with Crippen LogP contribution in [0.2, 0.25) is 0 Å². The molecule has 1 aliphatic heterocycles. The molecule has 4 rings (SSSR count). The van der Waals surface area contributed by atoms with Crippen LogP contribution in [0.15, 0.2) is 42.5 Å². The average Bonchev–Trinajstić information content (AvgIpc) is 3.19. The molecule has 0 bridgehead atoms. The van der Waals surface area contributed by atoms with Gasteiger partial charge in [0.15, 0.2) is 0 Å². The number of aromatic amines is 1. The fourth-order valence-electron chi connectivity index (χ4n) is 4.26. The molecule has 2 aromatic carbocycles. The molecule has 0 atom stereocenters. The Bertz CT molecular complexity index is 1230. The summed E-state index contributed by atoms with van der Waals surface area (Å²) in [5, 5.41) is 3.59. The van der Waals surface area contributed by atoms with E-state index >= 15 is 0 Å². The van der Waals surface area contributed by atoms with E-state index in [4.69, 9.17) is 4.74 Å². The lowest BCUT2D eigenvalue weighted by Gasteiger charge is -2.36. The first-order valence-corrected chi connectivity index (χ1v) is 11.3. The lowest BCUT2D eigenvalue weighted by atomic mass is 10.1. The largest absolute Gasteiger partial charge is 0.464 e. The number of piperazine rings is 1. The zero-order valence-electron chi connectivity index (χ0n) is 19.5. The van der Waals surface area contributed by atoms with Gasteiger partial charge in [-0.15, -0.1) is 0 Å². The van der Waals surface area contributed by atoms with Gasteiger partial charge in [-0.3, -0.25) is 9.69 Å². The second kappa shape index (κ2) is 9.99.